The molecule has 16 heavy (non-hydrogen) atoms. The number of nitrogens with one attached hydrogen (secondary N) is 1. The summed E-state index contributed by atoms with van der Waals surface area (Å²) in [6, 6.07) is 3.31. The number of rotatable bonds is 3. The molecular formula is C9H14N4O2S. The average molecular weight is 242 g/mol. The highest BCUT2D eigenvalue weighted by molar-refractivity contribution is 7.92. The molecule has 1 fully saturated rings. The minimum Gasteiger partial charge on any atom is -0.382 e. The van der Waals surface area contributed by atoms with E-state index >= 15 is 0 Å². The van der Waals surface area contributed by atoms with E-state index in [0.717, 1.165) is 12.8 Å². The van der Waals surface area contributed by atoms with Gasteiger partial charge in [0.15, 0.2) is 9.84 Å². The monoisotopic (exact) mass is 242 g/mol. The smallest absolute Gasteiger partial charge is 0.154 e. The SMILES string of the molecule is Nc1ccc(NCC2CCCS2(=O)=O)nn1. The lowest BCUT2D eigenvalue weighted by atomic mass is 10.2. The molecule has 0 radical (unpaired) electrons. The van der Waals surface area contributed by atoms with E-state index in [4.69, 9.17) is 5.73 Å². The van der Waals surface area contributed by atoms with Crippen molar-refractivity contribution in [2.45, 2.75) is 18.1 Å². The zero-order valence-electron chi connectivity index (χ0n) is 8.76. The van der Waals surface area contributed by atoms with Gasteiger partial charge in [-0.2, -0.15) is 0 Å². The molecule has 1 atom stereocenters. The molecule has 1 aromatic heterocycles. The van der Waals surface area contributed by atoms with Crippen molar-refractivity contribution in [1.82, 2.24) is 10.2 Å². The third kappa shape index (κ3) is 2.41. The minimum absolute atomic E-state index is 0.298. The van der Waals surface area contributed by atoms with Crippen LogP contribution in [0.15, 0.2) is 12.1 Å². The van der Waals surface area contributed by atoms with E-state index in [0.29, 0.717) is 23.9 Å². The van der Waals surface area contributed by atoms with Crippen molar-refractivity contribution >= 4 is 21.5 Å². The molecule has 3 N–H and O–H groups in total. The summed E-state index contributed by atoms with van der Waals surface area (Å²) < 4.78 is 23.1. The fraction of sp³-hybridized carbons (Fsp3) is 0.556. The lowest BCUT2D eigenvalue weighted by Gasteiger charge is -2.10. The first-order valence-electron chi connectivity index (χ1n) is 5.12. The summed E-state index contributed by atoms with van der Waals surface area (Å²) in [6.45, 7) is 0.390. The second-order valence-corrected chi connectivity index (χ2v) is 6.26. The number of aromatic nitrogens is 2. The van der Waals surface area contributed by atoms with Crippen LogP contribution >= 0.6 is 0 Å². The van der Waals surface area contributed by atoms with Crippen molar-refractivity contribution < 1.29 is 8.42 Å². The van der Waals surface area contributed by atoms with Crippen LogP contribution in [0.4, 0.5) is 11.6 Å². The Morgan fingerprint density at radius 3 is 2.81 bits per heavy atom. The summed E-state index contributed by atoms with van der Waals surface area (Å²) in [5.41, 5.74) is 5.39. The van der Waals surface area contributed by atoms with Gasteiger partial charge in [0.2, 0.25) is 0 Å². The summed E-state index contributed by atoms with van der Waals surface area (Å²) in [5.74, 6) is 1.20. The van der Waals surface area contributed by atoms with Gasteiger partial charge in [-0.1, -0.05) is 0 Å². The molecule has 0 aromatic carbocycles. The molecule has 0 amide bonds. The highest BCUT2D eigenvalue weighted by atomic mass is 32.2. The first-order chi connectivity index (χ1) is 7.58. The van der Waals surface area contributed by atoms with Crippen molar-refractivity contribution in [3.05, 3.63) is 12.1 Å². The van der Waals surface area contributed by atoms with Crippen LogP contribution in [0.3, 0.4) is 0 Å². The van der Waals surface area contributed by atoms with E-state index in [1.165, 1.54) is 0 Å². The Kier molecular flexibility index (Phi) is 2.95. The quantitative estimate of drug-likeness (QED) is 0.777. The lowest BCUT2D eigenvalue weighted by molar-refractivity contribution is 0.591. The van der Waals surface area contributed by atoms with E-state index in [1.807, 2.05) is 0 Å². The zero-order valence-corrected chi connectivity index (χ0v) is 9.57. The summed E-state index contributed by atoms with van der Waals surface area (Å²) in [6.07, 6.45) is 1.47. The van der Waals surface area contributed by atoms with Crippen LogP contribution in [0, 0.1) is 0 Å². The third-order valence-electron chi connectivity index (χ3n) is 2.66. The summed E-state index contributed by atoms with van der Waals surface area (Å²) >= 11 is 0. The van der Waals surface area contributed by atoms with Gasteiger partial charge < -0.3 is 11.1 Å². The maximum Gasteiger partial charge on any atom is 0.154 e. The molecule has 0 spiro atoms. The molecule has 88 valence electrons. The molecule has 2 heterocycles. The van der Waals surface area contributed by atoms with E-state index < -0.39 is 9.84 Å². The number of hydrogen-bond acceptors (Lipinski definition) is 6. The van der Waals surface area contributed by atoms with Crippen LogP contribution in [0.25, 0.3) is 0 Å². The van der Waals surface area contributed by atoms with Gasteiger partial charge in [-0.3, -0.25) is 0 Å². The molecule has 1 aliphatic rings. The molecule has 1 aromatic rings. The van der Waals surface area contributed by atoms with Gasteiger partial charge in [-0.25, -0.2) is 8.42 Å². The predicted octanol–water partition coefficient (Wildman–Crippen LogP) is 0.0479. The van der Waals surface area contributed by atoms with Crippen LogP contribution in [0.5, 0.6) is 0 Å². The highest BCUT2D eigenvalue weighted by Gasteiger charge is 2.30. The molecule has 6 nitrogen and oxygen atoms in total. The molecule has 1 aliphatic heterocycles. The van der Waals surface area contributed by atoms with Gasteiger partial charge in [0, 0.05) is 6.54 Å². The largest absolute Gasteiger partial charge is 0.382 e. The summed E-state index contributed by atoms with van der Waals surface area (Å²) in [5, 5.41) is 10.1. The van der Waals surface area contributed by atoms with Crippen molar-refractivity contribution in [3.63, 3.8) is 0 Å². The maximum absolute atomic E-state index is 11.5. The normalized spacial score (nSPS) is 23.1. The van der Waals surface area contributed by atoms with E-state index in [9.17, 15) is 8.42 Å². The van der Waals surface area contributed by atoms with Gasteiger partial charge in [0.1, 0.15) is 11.6 Å². The Morgan fingerprint density at radius 2 is 2.25 bits per heavy atom. The molecule has 2 rings (SSSR count). The van der Waals surface area contributed by atoms with Crippen molar-refractivity contribution in [2.24, 2.45) is 0 Å². The molecule has 0 aliphatic carbocycles. The number of nitrogens with two attached hydrogens (primary N) is 1. The predicted molar refractivity (Wildman–Crippen MR) is 61.7 cm³/mol. The molecule has 7 heteroatoms. The highest BCUT2D eigenvalue weighted by Crippen LogP contribution is 2.20. The maximum atomic E-state index is 11.5. The van der Waals surface area contributed by atoms with E-state index in [-0.39, 0.29) is 5.25 Å². The van der Waals surface area contributed by atoms with Crippen molar-refractivity contribution in [1.29, 1.82) is 0 Å². The number of nitrogen functional groups attached to an aromatic ring is 1. The van der Waals surface area contributed by atoms with Crippen molar-refractivity contribution in [3.8, 4) is 0 Å². The Balaban J connectivity index is 1.95. The van der Waals surface area contributed by atoms with Gasteiger partial charge in [-0.05, 0) is 25.0 Å². The molecule has 1 unspecified atom stereocenters. The van der Waals surface area contributed by atoms with Gasteiger partial charge in [0.25, 0.3) is 0 Å². The fourth-order valence-electron chi connectivity index (χ4n) is 1.74. The zero-order chi connectivity index (χ0) is 11.6. The Labute approximate surface area is 94.2 Å². The topological polar surface area (TPSA) is 98.0 Å². The van der Waals surface area contributed by atoms with Gasteiger partial charge >= 0.3 is 0 Å². The molecule has 0 bridgehead atoms. The summed E-state index contributed by atoms with van der Waals surface area (Å²) in [4.78, 5) is 0. The standard InChI is InChI=1S/C9H14N4O2S/c10-8-3-4-9(13-12-8)11-6-7-2-1-5-16(7,14)15/h3-4,7H,1-2,5-6H2,(H2,10,12)(H,11,13). The number of nitrogens with zero attached hydrogens (tertiary/aromatic N) is 2. The van der Waals surface area contributed by atoms with Crippen LogP contribution in [-0.2, 0) is 9.84 Å². The molecular weight excluding hydrogens is 228 g/mol. The number of anilines is 2. The van der Waals surface area contributed by atoms with Gasteiger partial charge in [0.05, 0.1) is 11.0 Å². The molecule has 0 saturated carbocycles. The fourth-order valence-corrected chi connectivity index (χ4v) is 3.51. The van der Waals surface area contributed by atoms with Crippen LogP contribution in [0.2, 0.25) is 0 Å². The Bertz CT molecular complexity index is 457. The van der Waals surface area contributed by atoms with Crippen LogP contribution in [0.1, 0.15) is 12.8 Å². The second kappa shape index (κ2) is 4.25. The lowest BCUT2D eigenvalue weighted by Crippen LogP contribution is -2.25. The summed E-state index contributed by atoms with van der Waals surface area (Å²) in [7, 11) is -2.90. The Hall–Kier alpha value is -1.37. The van der Waals surface area contributed by atoms with Crippen LogP contribution in [-0.4, -0.2) is 36.2 Å². The van der Waals surface area contributed by atoms with E-state index in [2.05, 4.69) is 15.5 Å². The molecule has 1 saturated heterocycles. The Morgan fingerprint density at radius 1 is 1.44 bits per heavy atom. The van der Waals surface area contributed by atoms with Crippen LogP contribution < -0.4 is 11.1 Å². The van der Waals surface area contributed by atoms with Crippen molar-refractivity contribution in [2.75, 3.05) is 23.3 Å². The van der Waals surface area contributed by atoms with E-state index in [1.54, 1.807) is 12.1 Å². The first-order valence-corrected chi connectivity index (χ1v) is 6.84. The minimum atomic E-state index is -2.90. The number of sulfone groups is 1. The number of hydrogen-bond donors (Lipinski definition) is 2. The van der Waals surface area contributed by atoms with Gasteiger partial charge in [-0.15, -0.1) is 10.2 Å². The third-order valence-corrected chi connectivity index (χ3v) is 4.93. The average Bonchev–Trinajstić information content (AvgIpc) is 2.57. The first kappa shape index (κ1) is 11.1. The second-order valence-electron chi connectivity index (χ2n) is 3.86.